The van der Waals surface area contributed by atoms with Crippen LogP contribution in [0, 0.1) is 0 Å². The fourth-order valence-electron chi connectivity index (χ4n) is 2.77. The Morgan fingerprint density at radius 2 is 2.14 bits per heavy atom. The molecule has 1 aliphatic heterocycles. The molecule has 2 rings (SSSR count). The largest absolute Gasteiger partial charge is 0.494 e. The van der Waals surface area contributed by atoms with Crippen LogP contribution in [0.3, 0.4) is 0 Å². The minimum absolute atomic E-state index is 0.0308. The van der Waals surface area contributed by atoms with Crippen molar-refractivity contribution >= 4 is 5.91 Å². The molecule has 0 bridgehead atoms. The van der Waals surface area contributed by atoms with Crippen LogP contribution in [0.4, 0.5) is 0 Å². The molecule has 1 saturated heterocycles. The topological polar surface area (TPSA) is 41.6 Å². The van der Waals surface area contributed by atoms with Gasteiger partial charge in [-0.1, -0.05) is 31.0 Å². The molecule has 1 aromatic carbocycles. The van der Waals surface area contributed by atoms with Gasteiger partial charge >= 0.3 is 0 Å². The molecule has 1 unspecified atom stereocenters. The minimum Gasteiger partial charge on any atom is -0.494 e. The van der Waals surface area contributed by atoms with Gasteiger partial charge in [0.05, 0.1) is 12.6 Å². The first-order valence-electron chi connectivity index (χ1n) is 7.91. The standard InChI is InChI=1S/C17H26N2O2/c1-3-21-16-11-7-6-9-14(16)13-19(2)17(20)15-10-5-4-8-12-18-15/h6-7,9,11,15,18H,3-5,8,10,12-13H2,1-2H3. The highest BCUT2D eigenvalue weighted by molar-refractivity contribution is 5.81. The van der Waals surface area contributed by atoms with E-state index in [9.17, 15) is 4.79 Å². The number of benzene rings is 1. The molecule has 116 valence electrons. The summed E-state index contributed by atoms with van der Waals surface area (Å²) in [6, 6.07) is 7.90. The number of rotatable bonds is 5. The molecule has 0 aliphatic carbocycles. The van der Waals surface area contributed by atoms with Gasteiger partial charge < -0.3 is 15.0 Å². The second kappa shape index (κ2) is 8.03. The third-order valence-corrected chi connectivity index (χ3v) is 3.91. The number of carbonyl (C=O) groups is 1. The quantitative estimate of drug-likeness (QED) is 0.906. The lowest BCUT2D eigenvalue weighted by molar-refractivity contribution is -0.132. The van der Waals surface area contributed by atoms with Crippen LogP contribution >= 0.6 is 0 Å². The van der Waals surface area contributed by atoms with Crippen LogP contribution in [0.25, 0.3) is 0 Å². The molecule has 0 saturated carbocycles. The second-order valence-corrected chi connectivity index (χ2v) is 5.59. The van der Waals surface area contributed by atoms with Gasteiger partial charge in [-0.3, -0.25) is 4.79 Å². The summed E-state index contributed by atoms with van der Waals surface area (Å²) >= 11 is 0. The van der Waals surface area contributed by atoms with Crippen molar-refractivity contribution in [3.05, 3.63) is 29.8 Å². The van der Waals surface area contributed by atoms with Gasteiger partial charge in [0.15, 0.2) is 0 Å². The van der Waals surface area contributed by atoms with Gasteiger partial charge in [-0.2, -0.15) is 0 Å². The van der Waals surface area contributed by atoms with E-state index in [2.05, 4.69) is 5.32 Å². The second-order valence-electron chi connectivity index (χ2n) is 5.59. The summed E-state index contributed by atoms with van der Waals surface area (Å²) < 4.78 is 5.63. The first kappa shape index (κ1) is 15.8. The van der Waals surface area contributed by atoms with Crippen LogP contribution in [-0.2, 0) is 11.3 Å². The molecule has 1 aromatic rings. The molecule has 0 aromatic heterocycles. The Balaban J connectivity index is 1.99. The molecule has 0 spiro atoms. The molecular weight excluding hydrogens is 264 g/mol. The average Bonchev–Trinajstić information content (AvgIpc) is 2.78. The Morgan fingerprint density at radius 3 is 2.95 bits per heavy atom. The molecule has 1 amide bonds. The maximum absolute atomic E-state index is 12.5. The summed E-state index contributed by atoms with van der Waals surface area (Å²) in [5.74, 6) is 1.05. The van der Waals surface area contributed by atoms with Crippen molar-refractivity contribution in [2.45, 2.75) is 45.2 Å². The van der Waals surface area contributed by atoms with Crippen molar-refractivity contribution in [2.75, 3.05) is 20.2 Å². The van der Waals surface area contributed by atoms with Crippen LogP contribution < -0.4 is 10.1 Å². The van der Waals surface area contributed by atoms with Crippen LogP contribution in [0.2, 0.25) is 0 Å². The zero-order chi connectivity index (χ0) is 15.1. The molecule has 0 radical (unpaired) electrons. The van der Waals surface area contributed by atoms with E-state index in [0.29, 0.717) is 13.2 Å². The highest BCUT2D eigenvalue weighted by Crippen LogP contribution is 2.20. The van der Waals surface area contributed by atoms with Crippen molar-refractivity contribution in [1.82, 2.24) is 10.2 Å². The van der Waals surface area contributed by atoms with Gasteiger partial charge in [0.1, 0.15) is 5.75 Å². The van der Waals surface area contributed by atoms with E-state index in [4.69, 9.17) is 4.74 Å². The number of nitrogens with one attached hydrogen (secondary N) is 1. The van der Waals surface area contributed by atoms with Crippen LogP contribution in [0.15, 0.2) is 24.3 Å². The summed E-state index contributed by atoms with van der Waals surface area (Å²) in [5, 5.41) is 3.37. The lowest BCUT2D eigenvalue weighted by Gasteiger charge is -2.24. The highest BCUT2D eigenvalue weighted by atomic mass is 16.5. The van der Waals surface area contributed by atoms with E-state index in [1.54, 1.807) is 4.90 Å². The summed E-state index contributed by atoms with van der Waals surface area (Å²) in [7, 11) is 1.87. The summed E-state index contributed by atoms with van der Waals surface area (Å²) in [6.45, 7) is 4.15. The van der Waals surface area contributed by atoms with E-state index in [0.717, 1.165) is 30.7 Å². The van der Waals surface area contributed by atoms with Crippen LogP contribution in [0.5, 0.6) is 5.75 Å². The predicted octanol–water partition coefficient (Wildman–Crippen LogP) is 2.58. The van der Waals surface area contributed by atoms with Gasteiger partial charge in [0.25, 0.3) is 0 Å². The molecule has 4 heteroatoms. The molecule has 1 N–H and O–H groups in total. The fraction of sp³-hybridized carbons (Fsp3) is 0.588. The van der Waals surface area contributed by atoms with Crippen molar-refractivity contribution < 1.29 is 9.53 Å². The third-order valence-electron chi connectivity index (χ3n) is 3.91. The molecule has 21 heavy (non-hydrogen) atoms. The molecule has 1 aliphatic rings. The summed E-state index contributed by atoms with van der Waals surface area (Å²) in [6.07, 6.45) is 4.46. The number of amides is 1. The van der Waals surface area contributed by atoms with Gasteiger partial charge in [0, 0.05) is 19.2 Å². The average molecular weight is 290 g/mol. The third kappa shape index (κ3) is 4.46. The predicted molar refractivity (Wildman–Crippen MR) is 84.3 cm³/mol. The fourth-order valence-corrected chi connectivity index (χ4v) is 2.77. The SMILES string of the molecule is CCOc1ccccc1CN(C)C(=O)C1CCCCCN1. The zero-order valence-electron chi connectivity index (χ0n) is 13.1. The molecular formula is C17H26N2O2. The number of hydrogen-bond donors (Lipinski definition) is 1. The number of para-hydroxylation sites is 1. The molecule has 1 heterocycles. The highest BCUT2D eigenvalue weighted by Gasteiger charge is 2.23. The molecule has 1 atom stereocenters. The van der Waals surface area contributed by atoms with Crippen LogP contribution in [-0.4, -0.2) is 37.0 Å². The van der Waals surface area contributed by atoms with Crippen molar-refractivity contribution in [3.8, 4) is 5.75 Å². The Kier molecular flexibility index (Phi) is 6.05. The zero-order valence-corrected chi connectivity index (χ0v) is 13.1. The van der Waals surface area contributed by atoms with Gasteiger partial charge in [-0.15, -0.1) is 0 Å². The van der Waals surface area contributed by atoms with E-state index >= 15 is 0 Å². The number of nitrogens with zero attached hydrogens (tertiary/aromatic N) is 1. The smallest absolute Gasteiger partial charge is 0.239 e. The van der Waals surface area contributed by atoms with Crippen molar-refractivity contribution in [1.29, 1.82) is 0 Å². The van der Waals surface area contributed by atoms with Crippen molar-refractivity contribution in [2.24, 2.45) is 0 Å². The first-order chi connectivity index (χ1) is 10.2. The Morgan fingerprint density at radius 1 is 1.33 bits per heavy atom. The van der Waals surface area contributed by atoms with E-state index in [-0.39, 0.29) is 11.9 Å². The normalized spacial score (nSPS) is 18.9. The Bertz CT molecular complexity index is 454. The van der Waals surface area contributed by atoms with E-state index in [1.165, 1.54) is 12.8 Å². The summed E-state index contributed by atoms with van der Waals surface area (Å²) in [5.41, 5.74) is 1.06. The maximum atomic E-state index is 12.5. The van der Waals surface area contributed by atoms with Gasteiger partial charge in [-0.05, 0) is 32.4 Å². The lowest BCUT2D eigenvalue weighted by Crippen LogP contribution is -2.44. The minimum atomic E-state index is -0.0308. The number of likely N-dealkylation sites (N-methyl/N-ethyl adjacent to an activating group) is 1. The number of ether oxygens (including phenoxy) is 1. The van der Waals surface area contributed by atoms with E-state index < -0.39 is 0 Å². The molecule has 4 nitrogen and oxygen atoms in total. The maximum Gasteiger partial charge on any atom is 0.239 e. The molecule has 1 fully saturated rings. The number of hydrogen-bond acceptors (Lipinski definition) is 3. The Labute approximate surface area is 127 Å². The van der Waals surface area contributed by atoms with Gasteiger partial charge in [0.2, 0.25) is 5.91 Å². The van der Waals surface area contributed by atoms with Gasteiger partial charge in [-0.25, -0.2) is 0 Å². The Hall–Kier alpha value is -1.55. The first-order valence-corrected chi connectivity index (χ1v) is 7.91. The number of carbonyl (C=O) groups excluding carboxylic acids is 1. The summed E-state index contributed by atoms with van der Waals surface area (Å²) in [4.78, 5) is 14.4. The monoisotopic (exact) mass is 290 g/mol. The van der Waals surface area contributed by atoms with Crippen LogP contribution in [0.1, 0.15) is 38.2 Å². The lowest BCUT2D eigenvalue weighted by atomic mass is 10.1. The van der Waals surface area contributed by atoms with Crippen molar-refractivity contribution in [3.63, 3.8) is 0 Å². The van der Waals surface area contributed by atoms with E-state index in [1.807, 2.05) is 38.2 Å².